The van der Waals surface area contributed by atoms with Crippen molar-refractivity contribution in [2.75, 3.05) is 25.0 Å². The molecule has 0 spiro atoms. The Morgan fingerprint density at radius 1 is 1.12 bits per heavy atom. The molecule has 0 bridgehead atoms. The maximum atomic E-state index is 13.0. The highest BCUT2D eigenvalue weighted by Crippen LogP contribution is 2.36. The van der Waals surface area contributed by atoms with Crippen LogP contribution >= 0.6 is 11.8 Å². The second-order valence-electron chi connectivity index (χ2n) is 7.84. The van der Waals surface area contributed by atoms with Gasteiger partial charge in [0.05, 0.1) is 12.3 Å². The number of para-hydroxylation sites is 2. The number of nitrogens with one attached hydrogen (secondary N) is 2. The molecule has 0 saturated carbocycles. The number of hydrogen-bond acceptors (Lipinski definition) is 5. The van der Waals surface area contributed by atoms with Crippen molar-refractivity contribution in [2.45, 2.75) is 36.5 Å². The number of carbonyl (C=O) groups is 3. The van der Waals surface area contributed by atoms with Crippen LogP contribution in [0.1, 0.15) is 25.3 Å². The summed E-state index contributed by atoms with van der Waals surface area (Å²) in [4.78, 5) is 40.7. The molecule has 32 heavy (non-hydrogen) atoms. The van der Waals surface area contributed by atoms with Crippen molar-refractivity contribution in [3.05, 3.63) is 54.1 Å². The Bertz CT molecular complexity index is 1000. The third-order valence-electron chi connectivity index (χ3n) is 5.76. The number of piperidine rings is 1. The van der Waals surface area contributed by atoms with E-state index in [9.17, 15) is 14.4 Å². The van der Waals surface area contributed by atoms with Gasteiger partial charge in [0.15, 0.2) is 5.25 Å². The molecule has 7 nitrogen and oxygen atoms in total. The van der Waals surface area contributed by atoms with Crippen LogP contribution in [0, 0.1) is 5.92 Å². The zero-order chi connectivity index (χ0) is 22.5. The topological polar surface area (TPSA) is 87.7 Å². The van der Waals surface area contributed by atoms with Crippen LogP contribution in [-0.4, -0.2) is 47.6 Å². The third-order valence-corrected chi connectivity index (χ3v) is 7.02. The van der Waals surface area contributed by atoms with E-state index in [2.05, 4.69) is 10.6 Å². The number of amides is 3. The lowest BCUT2D eigenvalue weighted by atomic mass is 9.95. The highest BCUT2D eigenvalue weighted by molar-refractivity contribution is 8.01. The molecule has 0 radical (unpaired) electrons. The Labute approximate surface area is 191 Å². The molecule has 8 heteroatoms. The number of fused-ring (bicyclic) bond motifs is 1. The molecule has 4 rings (SSSR count). The van der Waals surface area contributed by atoms with Gasteiger partial charge >= 0.3 is 0 Å². The van der Waals surface area contributed by atoms with Gasteiger partial charge in [0.2, 0.25) is 17.7 Å². The van der Waals surface area contributed by atoms with Crippen molar-refractivity contribution >= 4 is 35.2 Å². The minimum Gasteiger partial charge on any atom is -0.494 e. The number of rotatable bonds is 6. The van der Waals surface area contributed by atoms with Crippen LogP contribution in [0.3, 0.4) is 0 Å². The first-order valence-corrected chi connectivity index (χ1v) is 11.8. The van der Waals surface area contributed by atoms with Crippen molar-refractivity contribution in [1.82, 2.24) is 10.2 Å². The first-order chi connectivity index (χ1) is 15.6. The van der Waals surface area contributed by atoms with Gasteiger partial charge in [-0.2, -0.15) is 0 Å². The van der Waals surface area contributed by atoms with E-state index >= 15 is 0 Å². The fourth-order valence-corrected chi connectivity index (χ4v) is 5.09. The van der Waals surface area contributed by atoms with Gasteiger partial charge in [-0.1, -0.05) is 30.3 Å². The number of carbonyl (C=O) groups excluding carboxylic acids is 3. The minimum absolute atomic E-state index is 0.0119. The number of hydrogen-bond donors (Lipinski definition) is 2. The number of nitrogens with zero attached hydrogens (tertiary/aromatic N) is 1. The van der Waals surface area contributed by atoms with E-state index in [1.807, 2.05) is 55.5 Å². The zero-order valence-corrected chi connectivity index (χ0v) is 18.8. The summed E-state index contributed by atoms with van der Waals surface area (Å²) in [6.45, 7) is 3.85. The molecule has 168 valence electrons. The Hall–Kier alpha value is -3.00. The molecule has 2 aliphatic rings. The van der Waals surface area contributed by atoms with Crippen LogP contribution in [0.5, 0.6) is 5.75 Å². The quantitative estimate of drug-likeness (QED) is 0.657. The maximum Gasteiger partial charge on any atom is 0.247 e. The Balaban J connectivity index is 1.29. The molecule has 3 amide bonds. The van der Waals surface area contributed by atoms with Gasteiger partial charge in [-0.25, -0.2) is 0 Å². The first-order valence-electron chi connectivity index (χ1n) is 10.9. The summed E-state index contributed by atoms with van der Waals surface area (Å²) in [5.74, 6) is 0.146. The average molecular weight is 454 g/mol. The highest BCUT2D eigenvalue weighted by atomic mass is 32.2. The summed E-state index contributed by atoms with van der Waals surface area (Å²) < 4.78 is 5.61. The van der Waals surface area contributed by atoms with Gasteiger partial charge in [0, 0.05) is 36.0 Å². The molecular weight excluding hydrogens is 426 g/mol. The second kappa shape index (κ2) is 10.1. The normalized spacial score (nSPS) is 18.5. The van der Waals surface area contributed by atoms with Gasteiger partial charge in [0.25, 0.3) is 0 Å². The summed E-state index contributed by atoms with van der Waals surface area (Å²) in [5.41, 5.74) is 1.68. The molecule has 1 saturated heterocycles. The number of anilines is 1. The zero-order valence-electron chi connectivity index (χ0n) is 18.0. The van der Waals surface area contributed by atoms with E-state index in [4.69, 9.17) is 4.74 Å². The number of thioether (sulfide) groups is 1. The lowest BCUT2D eigenvalue weighted by Gasteiger charge is -2.34. The van der Waals surface area contributed by atoms with Gasteiger partial charge < -0.3 is 20.3 Å². The van der Waals surface area contributed by atoms with Crippen molar-refractivity contribution in [2.24, 2.45) is 5.92 Å². The predicted molar refractivity (Wildman–Crippen MR) is 123 cm³/mol. The first kappa shape index (κ1) is 22.2. The molecule has 2 heterocycles. The molecule has 2 aromatic rings. The van der Waals surface area contributed by atoms with Crippen molar-refractivity contribution in [3.63, 3.8) is 0 Å². The van der Waals surface area contributed by atoms with E-state index in [0.717, 1.165) is 21.9 Å². The summed E-state index contributed by atoms with van der Waals surface area (Å²) >= 11 is 1.29. The van der Waals surface area contributed by atoms with E-state index in [1.54, 1.807) is 4.90 Å². The maximum absolute atomic E-state index is 13.0. The highest BCUT2D eigenvalue weighted by Gasteiger charge is 2.37. The largest absolute Gasteiger partial charge is 0.494 e. The molecule has 2 aromatic carbocycles. The molecule has 2 aliphatic heterocycles. The van der Waals surface area contributed by atoms with Crippen LogP contribution in [-0.2, 0) is 20.9 Å². The van der Waals surface area contributed by atoms with Crippen molar-refractivity contribution in [1.29, 1.82) is 0 Å². The summed E-state index contributed by atoms with van der Waals surface area (Å²) in [6, 6.07) is 15.1. The van der Waals surface area contributed by atoms with Crippen LogP contribution in [0.2, 0.25) is 0 Å². The van der Waals surface area contributed by atoms with Gasteiger partial charge in [-0.15, -0.1) is 11.8 Å². The van der Waals surface area contributed by atoms with Crippen LogP contribution in [0.4, 0.5) is 5.69 Å². The predicted octanol–water partition coefficient (Wildman–Crippen LogP) is 3.05. The minimum atomic E-state index is -0.787. The molecular formula is C24H27N3O4S. The number of benzene rings is 2. The van der Waals surface area contributed by atoms with Crippen LogP contribution in [0.15, 0.2) is 53.4 Å². The van der Waals surface area contributed by atoms with Crippen LogP contribution < -0.4 is 15.4 Å². The molecule has 0 aliphatic carbocycles. The SMILES string of the molecule is CCOc1ccccc1CNC(=O)C1CCN(C(=O)[C@H]2Sc3ccccc3NC2=O)CC1. The van der Waals surface area contributed by atoms with Crippen molar-refractivity contribution < 1.29 is 19.1 Å². The number of ether oxygens (including phenoxy) is 1. The average Bonchev–Trinajstić information content (AvgIpc) is 2.82. The van der Waals surface area contributed by atoms with Gasteiger partial charge in [-0.3, -0.25) is 14.4 Å². The summed E-state index contributed by atoms with van der Waals surface area (Å²) in [6.07, 6.45) is 1.17. The smallest absolute Gasteiger partial charge is 0.247 e. The fourth-order valence-electron chi connectivity index (χ4n) is 4.01. The second-order valence-corrected chi connectivity index (χ2v) is 8.99. The van der Waals surface area contributed by atoms with E-state index in [1.165, 1.54) is 11.8 Å². The molecule has 0 unspecified atom stereocenters. The molecule has 2 N–H and O–H groups in total. The van der Waals surface area contributed by atoms with Crippen LogP contribution in [0.25, 0.3) is 0 Å². The monoisotopic (exact) mass is 453 g/mol. The van der Waals surface area contributed by atoms with E-state index in [0.29, 0.717) is 39.1 Å². The van der Waals surface area contributed by atoms with Gasteiger partial charge in [0.1, 0.15) is 5.75 Å². The summed E-state index contributed by atoms with van der Waals surface area (Å²) in [7, 11) is 0. The standard InChI is InChI=1S/C24H27N3O4S/c1-2-31-19-9-5-3-7-17(19)15-25-22(28)16-11-13-27(14-12-16)24(30)21-23(29)26-18-8-4-6-10-20(18)32-21/h3-10,16,21H,2,11-15H2,1H3,(H,25,28)(H,26,29)/t21-/m0/s1. The number of likely N-dealkylation sites (tertiary alicyclic amines) is 1. The van der Waals surface area contributed by atoms with Crippen molar-refractivity contribution in [3.8, 4) is 5.75 Å². The third kappa shape index (κ3) is 4.91. The Morgan fingerprint density at radius 2 is 1.84 bits per heavy atom. The summed E-state index contributed by atoms with van der Waals surface area (Å²) in [5, 5.41) is 5.04. The van der Waals surface area contributed by atoms with E-state index < -0.39 is 5.25 Å². The van der Waals surface area contributed by atoms with E-state index in [-0.39, 0.29) is 23.6 Å². The lowest BCUT2D eigenvalue weighted by Crippen LogP contribution is -2.49. The fraction of sp³-hybridized carbons (Fsp3) is 0.375. The molecule has 1 atom stereocenters. The van der Waals surface area contributed by atoms with Gasteiger partial charge in [-0.05, 0) is 38.0 Å². The molecule has 1 fully saturated rings. The molecule has 0 aromatic heterocycles. The lowest BCUT2D eigenvalue weighted by molar-refractivity contribution is -0.137. The Kier molecular flexibility index (Phi) is 6.99. The Morgan fingerprint density at radius 3 is 2.62 bits per heavy atom.